The molecule has 94 valence electrons. The molecular formula is C13H21N3O. The molecule has 0 aromatic carbocycles. The van der Waals surface area contributed by atoms with Crippen LogP contribution in [0, 0.1) is 12.8 Å². The number of pyridine rings is 1. The lowest BCUT2D eigenvalue weighted by Gasteiger charge is -2.20. The van der Waals surface area contributed by atoms with E-state index in [1.54, 1.807) is 0 Å². The first-order valence-electron chi connectivity index (χ1n) is 6.20. The van der Waals surface area contributed by atoms with Gasteiger partial charge < -0.3 is 15.7 Å². The molecule has 1 fully saturated rings. The minimum absolute atomic E-state index is 0.233. The van der Waals surface area contributed by atoms with Crippen molar-refractivity contribution in [3.63, 3.8) is 0 Å². The minimum atomic E-state index is -0.233. The number of aliphatic hydroxyl groups is 1. The third-order valence-electron chi connectivity index (χ3n) is 3.55. The minimum Gasteiger partial charge on any atom is -0.393 e. The lowest BCUT2D eigenvalue weighted by Crippen LogP contribution is -2.25. The highest BCUT2D eigenvalue weighted by Crippen LogP contribution is 2.26. The lowest BCUT2D eigenvalue weighted by molar-refractivity contribution is 0.136. The molecule has 1 aliphatic rings. The van der Waals surface area contributed by atoms with Crippen LogP contribution >= 0.6 is 0 Å². The van der Waals surface area contributed by atoms with E-state index in [4.69, 9.17) is 5.73 Å². The summed E-state index contributed by atoms with van der Waals surface area (Å²) < 4.78 is 0. The summed E-state index contributed by atoms with van der Waals surface area (Å²) in [5, 5.41) is 9.60. The summed E-state index contributed by atoms with van der Waals surface area (Å²) in [5.41, 5.74) is 7.83. The Kier molecular flexibility index (Phi) is 3.64. The highest BCUT2D eigenvalue weighted by Gasteiger charge is 2.27. The fourth-order valence-corrected chi connectivity index (χ4v) is 2.44. The van der Waals surface area contributed by atoms with E-state index in [0.29, 0.717) is 12.5 Å². The van der Waals surface area contributed by atoms with Crippen LogP contribution in [-0.4, -0.2) is 29.3 Å². The third-order valence-corrected chi connectivity index (χ3v) is 3.55. The van der Waals surface area contributed by atoms with Gasteiger partial charge >= 0.3 is 0 Å². The molecule has 0 radical (unpaired) electrons. The van der Waals surface area contributed by atoms with E-state index in [-0.39, 0.29) is 6.10 Å². The van der Waals surface area contributed by atoms with Gasteiger partial charge in [-0.25, -0.2) is 4.98 Å². The van der Waals surface area contributed by atoms with Gasteiger partial charge in [0.15, 0.2) is 0 Å². The molecule has 17 heavy (non-hydrogen) atoms. The molecule has 2 unspecified atom stereocenters. The standard InChI is InChI=1S/C13H21N3O/c1-9-5-11(6-14)7-15-13(9)16-4-3-12(8-16)10(2)17/h5,7,10,12,17H,3-4,6,8,14H2,1-2H3. The van der Waals surface area contributed by atoms with Crippen LogP contribution < -0.4 is 10.6 Å². The zero-order valence-corrected chi connectivity index (χ0v) is 10.6. The normalized spacial score (nSPS) is 21.9. The SMILES string of the molecule is Cc1cc(CN)cnc1N1CCC(C(C)O)C1. The molecule has 4 nitrogen and oxygen atoms in total. The molecule has 0 saturated carbocycles. The largest absolute Gasteiger partial charge is 0.393 e. The summed E-state index contributed by atoms with van der Waals surface area (Å²) in [4.78, 5) is 6.75. The van der Waals surface area contributed by atoms with Crippen LogP contribution in [0.4, 0.5) is 5.82 Å². The van der Waals surface area contributed by atoms with Gasteiger partial charge in [0.1, 0.15) is 5.82 Å². The molecule has 0 bridgehead atoms. The van der Waals surface area contributed by atoms with Crippen molar-refractivity contribution in [2.75, 3.05) is 18.0 Å². The highest BCUT2D eigenvalue weighted by molar-refractivity contribution is 5.48. The van der Waals surface area contributed by atoms with Crippen molar-refractivity contribution in [1.29, 1.82) is 0 Å². The van der Waals surface area contributed by atoms with Crippen molar-refractivity contribution in [2.24, 2.45) is 11.7 Å². The van der Waals surface area contributed by atoms with Gasteiger partial charge in [-0.05, 0) is 37.5 Å². The number of hydrogen-bond acceptors (Lipinski definition) is 4. The quantitative estimate of drug-likeness (QED) is 0.822. The Morgan fingerprint density at radius 2 is 2.41 bits per heavy atom. The van der Waals surface area contributed by atoms with E-state index in [9.17, 15) is 5.11 Å². The maximum atomic E-state index is 9.60. The second-order valence-electron chi connectivity index (χ2n) is 4.92. The average Bonchev–Trinajstić information content (AvgIpc) is 2.78. The van der Waals surface area contributed by atoms with Gasteiger partial charge in [0, 0.05) is 31.7 Å². The fourth-order valence-electron chi connectivity index (χ4n) is 2.44. The zero-order valence-electron chi connectivity index (χ0n) is 10.6. The molecule has 2 atom stereocenters. The van der Waals surface area contributed by atoms with Crippen LogP contribution in [-0.2, 0) is 6.54 Å². The van der Waals surface area contributed by atoms with Crippen LogP contribution in [0.3, 0.4) is 0 Å². The van der Waals surface area contributed by atoms with Gasteiger partial charge in [0.25, 0.3) is 0 Å². The molecule has 1 saturated heterocycles. The van der Waals surface area contributed by atoms with E-state index in [1.807, 2.05) is 13.1 Å². The molecular weight excluding hydrogens is 214 g/mol. The second-order valence-corrected chi connectivity index (χ2v) is 4.92. The van der Waals surface area contributed by atoms with Crippen LogP contribution in [0.2, 0.25) is 0 Å². The molecule has 1 aliphatic heterocycles. The number of nitrogens with two attached hydrogens (primary N) is 1. The number of rotatable bonds is 3. The fraction of sp³-hybridized carbons (Fsp3) is 0.615. The smallest absolute Gasteiger partial charge is 0.131 e. The number of aromatic nitrogens is 1. The summed E-state index contributed by atoms with van der Waals surface area (Å²) in [7, 11) is 0. The third kappa shape index (κ3) is 2.58. The van der Waals surface area contributed by atoms with Gasteiger partial charge in [-0.2, -0.15) is 0 Å². The van der Waals surface area contributed by atoms with Crippen LogP contribution in [0.15, 0.2) is 12.3 Å². The van der Waals surface area contributed by atoms with Gasteiger partial charge in [0.2, 0.25) is 0 Å². The van der Waals surface area contributed by atoms with Gasteiger partial charge in [-0.15, -0.1) is 0 Å². The first kappa shape index (κ1) is 12.3. The molecule has 2 rings (SSSR count). The number of nitrogens with zero attached hydrogens (tertiary/aromatic N) is 2. The van der Waals surface area contributed by atoms with Crippen LogP contribution in [0.1, 0.15) is 24.5 Å². The number of anilines is 1. The first-order chi connectivity index (χ1) is 8.11. The maximum absolute atomic E-state index is 9.60. The van der Waals surface area contributed by atoms with Gasteiger partial charge in [-0.1, -0.05) is 0 Å². The Balaban J connectivity index is 2.13. The van der Waals surface area contributed by atoms with Gasteiger partial charge in [0.05, 0.1) is 6.10 Å². The number of aliphatic hydroxyl groups excluding tert-OH is 1. The Bertz CT molecular complexity index is 392. The van der Waals surface area contributed by atoms with E-state index < -0.39 is 0 Å². The monoisotopic (exact) mass is 235 g/mol. The topological polar surface area (TPSA) is 62.4 Å². The summed E-state index contributed by atoms with van der Waals surface area (Å²) in [6.07, 6.45) is 2.65. The maximum Gasteiger partial charge on any atom is 0.131 e. The Morgan fingerprint density at radius 3 is 2.94 bits per heavy atom. The van der Waals surface area contributed by atoms with Crippen molar-refractivity contribution in [3.05, 3.63) is 23.4 Å². The van der Waals surface area contributed by atoms with Crippen LogP contribution in [0.5, 0.6) is 0 Å². The summed E-state index contributed by atoms with van der Waals surface area (Å²) in [6.45, 7) is 6.34. The second kappa shape index (κ2) is 5.02. The van der Waals surface area contributed by atoms with Crippen molar-refractivity contribution in [2.45, 2.75) is 32.9 Å². The Hall–Kier alpha value is -1.13. The molecule has 4 heteroatoms. The van der Waals surface area contributed by atoms with Crippen molar-refractivity contribution in [3.8, 4) is 0 Å². The van der Waals surface area contributed by atoms with Crippen molar-refractivity contribution in [1.82, 2.24) is 4.98 Å². The van der Waals surface area contributed by atoms with Crippen molar-refractivity contribution < 1.29 is 5.11 Å². The molecule has 3 N–H and O–H groups in total. The van der Waals surface area contributed by atoms with E-state index >= 15 is 0 Å². The first-order valence-corrected chi connectivity index (χ1v) is 6.20. The molecule has 1 aromatic heterocycles. The molecule has 0 aliphatic carbocycles. The Morgan fingerprint density at radius 1 is 1.65 bits per heavy atom. The average molecular weight is 235 g/mol. The number of aryl methyl sites for hydroxylation is 1. The zero-order chi connectivity index (χ0) is 12.4. The molecule has 1 aromatic rings. The van der Waals surface area contributed by atoms with Crippen molar-refractivity contribution >= 4 is 5.82 Å². The molecule has 0 spiro atoms. The van der Waals surface area contributed by atoms with E-state index in [2.05, 4.69) is 22.9 Å². The predicted octanol–water partition coefficient (Wildman–Crippen LogP) is 1.06. The summed E-state index contributed by atoms with van der Waals surface area (Å²) in [6, 6.07) is 2.10. The lowest BCUT2D eigenvalue weighted by atomic mass is 10.0. The summed E-state index contributed by atoms with van der Waals surface area (Å²) >= 11 is 0. The predicted molar refractivity (Wildman–Crippen MR) is 68.9 cm³/mol. The van der Waals surface area contributed by atoms with Gasteiger partial charge in [-0.3, -0.25) is 0 Å². The molecule has 2 heterocycles. The highest BCUT2D eigenvalue weighted by atomic mass is 16.3. The number of hydrogen-bond donors (Lipinski definition) is 2. The summed E-state index contributed by atoms with van der Waals surface area (Å²) in [5.74, 6) is 1.40. The van der Waals surface area contributed by atoms with E-state index in [1.165, 1.54) is 5.56 Å². The van der Waals surface area contributed by atoms with E-state index in [0.717, 1.165) is 30.9 Å². The van der Waals surface area contributed by atoms with Crippen LogP contribution in [0.25, 0.3) is 0 Å². The Labute approximate surface area is 102 Å². The molecule has 0 amide bonds.